The lowest BCUT2D eigenvalue weighted by atomic mass is 10.0. The fraction of sp³-hybridized carbons (Fsp3) is 0.294. The first-order valence-corrected chi connectivity index (χ1v) is 6.98. The van der Waals surface area contributed by atoms with Crippen LogP contribution < -0.4 is 10.1 Å². The van der Waals surface area contributed by atoms with Crippen LogP contribution in [0.1, 0.15) is 31.9 Å². The van der Waals surface area contributed by atoms with Crippen LogP contribution in [0.15, 0.2) is 48.5 Å². The van der Waals surface area contributed by atoms with Gasteiger partial charge in [0.05, 0.1) is 18.3 Å². The molecular weight excluding hydrogens is 253 g/mol. The van der Waals surface area contributed by atoms with Crippen LogP contribution in [0.5, 0.6) is 5.75 Å². The van der Waals surface area contributed by atoms with E-state index in [-0.39, 0.29) is 11.9 Å². The Morgan fingerprint density at radius 1 is 1.05 bits per heavy atom. The van der Waals surface area contributed by atoms with Crippen LogP contribution in [0.3, 0.4) is 0 Å². The molecule has 0 fully saturated rings. The summed E-state index contributed by atoms with van der Waals surface area (Å²) in [5.41, 5.74) is 2.03. The summed E-state index contributed by atoms with van der Waals surface area (Å²) in [6, 6.07) is 14.6. The number of halogens is 1. The fourth-order valence-corrected chi connectivity index (χ4v) is 2.17. The van der Waals surface area contributed by atoms with Crippen LogP contribution >= 0.6 is 0 Å². The Balaban J connectivity index is 2.20. The van der Waals surface area contributed by atoms with Gasteiger partial charge in [-0.25, -0.2) is 4.39 Å². The summed E-state index contributed by atoms with van der Waals surface area (Å²) in [4.78, 5) is 0. The predicted molar refractivity (Wildman–Crippen MR) is 80.7 cm³/mol. The Morgan fingerprint density at radius 3 is 2.40 bits per heavy atom. The molecule has 1 N–H and O–H groups in total. The molecule has 0 saturated carbocycles. The molecule has 0 aliphatic rings. The van der Waals surface area contributed by atoms with Gasteiger partial charge in [-0.2, -0.15) is 0 Å². The molecule has 0 saturated heterocycles. The second-order valence-corrected chi connectivity index (χ2v) is 4.59. The van der Waals surface area contributed by atoms with Crippen molar-refractivity contribution in [3.8, 4) is 5.75 Å². The average molecular weight is 273 g/mol. The molecule has 0 radical (unpaired) electrons. The van der Waals surface area contributed by atoms with E-state index in [0.29, 0.717) is 6.61 Å². The molecule has 106 valence electrons. The van der Waals surface area contributed by atoms with Crippen LogP contribution in [0.4, 0.5) is 10.1 Å². The van der Waals surface area contributed by atoms with Gasteiger partial charge < -0.3 is 10.1 Å². The first kappa shape index (κ1) is 14.4. The lowest BCUT2D eigenvalue weighted by Gasteiger charge is -2.20. The van der Waals surface area contributed by atoms with Crippen molar-refractivity contribution in [1.29, 1.82) is 0 Å². The van der Waals surface area contributed by atoms with Gasteiger partial charge in [0.1, 0.15) is 11.6 Å². The number of rotatable bonds is 6. The molecule has 0 aromatic heterocycles. The van der Waals surface area contributed by atoms with Crippen molar-refractivity contribution in [2.24, 2.45) is 0 Å². The van der Waals surface area contributed by atoms with Crippen LogP contribution in [0.25, 0.3) is 0 Å². The van der Waals surface area contributed by atoms with Gasteiger partial charge in [-0.3, -0.25) is 0 Å². The Labute approximate surface area is 119 Å². The topological polar surface area (TPSA) is 21.3 Å². The molecule has 2 aromatic rings. The van der Waals surface area contributed by atoms with Crippen molar-refractivity contribution in [2.75, 3.05) is 11.9 Å². The van der Waals surface area contributed by atoms with Gasteiger partial charge in [-0.05, 0) is 43.2 Å². The highest BCUT2D eigenvalue weighted by Crippen LogP contribution is 2.29. The molecule has 0 bridgehead atoms. The minimum atomic E-state index is -0.210. The van der Waals surface area contributed by atoms with Crippen molar-refractivity contribution in [3.63, 3.8) is 0 Å². The summed E-state index contributed by atoms with van der Waals surface area (Å²) in [5, 5.41) is 3.47. The Hall–Kier alpha value is -2.03. The van der Waals surface area contributed by atoms with Crippen molar-refractivity contribution >= 4 is 5.69 Å². The first-order valence-electron chi connectivity index (χ1n) is 6.98. The monoisotopic (exact) mass is 273 g/mol. The van der Waals surface area contributed by atoms with Gasteiger partial charge in [0, 0.05) is 0 Å². The van der Waals surface area contributed by atoms with E-state index >= 15 is 0 Å². The number of hydrogen-bond acceptors (Lipinski definition) is 2. The maximum atomic E-state index is 13.0. The number of benzene rings is 2. The second kappa shape index (κ2) is 6.94. The molecule has 2 nitrogen and oxygen atoms in total. The van der Waals surface area contributed by atoms with E-state index in [1.165, 1.54) is 12.1 Å². The molecule has 2 aromatic carbocycles. The number of hydrogen-bond donors (Lipinski definition) is 1. The van der Waals surface area contributed by atoms with Gasteiger partial charge in [-0.15, -0.1) is 0 Å². The quantitative estimate of drug-likeness (QED) is 0.817. The van der Waals surface area contributed by atoms with Gasteiger partial charge in [0.15, 0.2) is 0 Å². The first-order chi connectivity index (χ1) is 9.74. The second-order valence-electron chi connectivity index (χ2n) is 4.59. The molecule has 20 heavy (non-hydrogen) atoms. The summed E-state index contributed by atoms with van der Waals surface area (Å²) < 4.78 is 18.6. The average Bonchev–Trinajstić information content (AvgIpc) is 2.48. The minimum absolute atomic E-state index is 0.136. The van der Waals surface area contributed by atoms with E-state index in [9.17, 15) is 4.39 Å². The summed E-state index contributed by atoms with van der Waals surface area (Å²) >= 11 is 0. The van der Waals surface area contributed by atoms with E-state index in [4.69, 9.17) is 4.74 Å². The molecule has 0 amide bonds. The summed E-state index contributed by atoms with van der Waals surface area (Å²) in [5.74, 6) is 0.633. The van der Waals surface area contributed by atoms with Gasteiger partial charge in [-0.1, -0.05) is 31.2 Å². The summed E-state index contributed by atoms with van der Waals surface area (Å²) in [7, 11) is 0. The molecule has 2 rings (SSSR count). The zero-order chi connectivity index (χ0) is 14.4. The van der Waals surface area contributed by atoms with Crippen LogP contribution in [0.2, 0.25) is 0 Å². The lowest BCUT2D eigenvalue weighted by Crippen LogP contribution is -2.10. The van der Waals surface area contributed by atoms with E-state index in [1.54, 1.807) is 0 Å². The summed E-state index contributed by atoms with van der Waals surface area (Å²) in [6.45, 7) is 4.70. The third-order valence-corrected chi connectivity index (χ3v) is 3.20. The third-order valence-electron chi connectivity index (χ3n) is 3.20. The van der Waals surface area contributed by atoms with E-state index in [2.05, 4.69) is 12.2 Å². The highest BCUT2D eigenvalue weighted by atomic mass is 19.1. The van der Waals surface area contributed by atoms with Gasteiger partial charge in [0.25, 0.3) is 0 Å². The smallest absolute Gasteiger partial charge is 0.142 e. The van der Waals surface area contributed by atoms with E-state index in [0.717, 1.165) is 23.4 Å². The normalized spacial score (nSPS) is 11.9. The Morgan fingerprint density at radius 2 is 1.75 bits per heavy atom. The van der Waals surface area contributed by atoms with Crippen molar-refractivity contribution < 1.29 is 9.13 Å². The largest absolute Gasteiger partial charge is 0.492 e. The number of para-hydroxylation sites is 2. The maximum Gasteiger partial charge on any atom is 0.142 e. The predicted octanol–water partition coefficient (Wildman–Crippen LogP) is 4.79. The molecule has 1 unspecified atom stereocenters. The lowest BCUT2D eigenvalue weighted by molar-refractivity contribution is 0.341. The molecular formula is C17H20FNO. The molecule has 0 spiro atoms. The Kier molecular flexibility index (Phi) is 4.99. The van der Waals surface area contributed by atoms with Crippen molar-refractivity contribution in [2.45, 2.75) is 26.3 Å². The zero-order valence-electron chi connectivity index (χ0n) is 11.9. The van der Waals surface area contributed by atoms with Crippen molar-refractivity contribution in [1.82, 2.24) is 0 Å². The summed E-state index contributed by atoms with van der Waals surface area (Å²) in [6.07, 6.45) is 0.909. The molecule has 3 heteroatoms. The number of ether oxygens (including phenoxy) is 1. The van der Waals surface area contributed by atoms with Gasteiger partial charge >= 0.3 is 0 Å². The van der Waals surface area contributed by atoms with Crippen LogP contribution in [0, 0.1) is 5.82 Å². The molecule has 0 aliphatic carbocycles. The standard InChI is InChI=1S/C17H20FNO/c1-3-15(13-9-11-14(18)12-10-13)19-16-7-5-6-8-17(16)20-4-2/h5-12,15,19H,3-4H2,1-2H3. The van der Waals surface area contributed by atoms with Crippen LogP contribution in [-0.4, -0.2) is 6.61 Å². The molecule has 1 atom stereocenters. The van der Waals surface area contributed by atoms with Crippen LogP contribution in [-0.2, 0) is 0 Å². The van der Waals surface area contributed by atoms with Gasteiger partial charge in [0.2, 0.25) is 0 Å². The molecule has 0 heterocycles. The Bertz CT molecular complexity index is 539. The number of nitrogens with one attached hydrogen (secondary N) is 1. The molecule has 0 aliphatic heterocycles. The third kappa shape index (κ3) is 3.50. The SMILES string of the molecule is CCOc1ccccc1NC(CC)c1ccc(F)cc1. The van der Waals surface area contributed by atoms with Crippen molar-refractivity contribution in [3.05, 3.63) is 59.9 Å². The van der Waals surface area contributed by atoms with E-state index in [1.807, 2.05) is 43.3 Å². The number of anilines is 1. The maximum absolute atomic E-state index is 13.0. The highest BCUT2D eigenvalue weighted by Gasteiger charge is 2.11. The zero-order valence-corrected chi connectivity index (χ0v) is 11.9. The highest BCUT2D eigenvalue weighted by molar-refractivity contribution is 5.57. The fourth-order valence-electron chi connectivity index (χ4n) is 2.17. The van der Waals surface area contributed by atoms with E-state index < -0.39 is 0 Å². The minimum Gasteiger partial charge on any atom is -0.492 e.